The third-order valence-corrected chi connectivity index (χ3v) is 6.36. The van der Waals surface area contributed by atoms with Gasteiger partial charge in [-0.15, -0.1) is 0 Å². The maximum absolute atomic E-state index is 10.6. The number of aliphatic hydroxyl groups excluding tert-OH is 3. The van der Waals surface area contributed by atoms with Crippen molar-refractivity contribution in [2.24, 2.45) is 0 Å². The van der Waals surface area contributed by atoms with Crippen LogP contribution in [0.25, 0.3) is 0 Å². The van der Waals surface area contributed by atoms with E-state index in [-0.39, 0.29) is 13.2 Å². The van der Waals surface area contributed by atoms with Crippen molar-refractivity contribution in [1.29, 1.82) is 0 Å². The molecule has 6 N–H and O–H groups in total. The van der Waals surface area contributed by atoms with Crippen molar-refractivity contribution < 1.29 is 25.2 Å². The average Bonchev–Trinajstić information content (AvgIpc) is 3.14. The van der Waals surface area contributed by atoms with Crippen molar-refractivity contribution in [3.63, 3.8) is 0 Å². The molecule has 0 spiro atoms. The van der Waals surface area contributed by atoms with Gasteiger partial charge in [0.05, 0.1) is 18.8 Å². The molecule has 1 aromatic carbocycles. The molecular formula is C18H26Br2N2O5. The molecule has 4 atom stereocenters. The molecule has 1 saturated carbocycles. The van der Waals surface area contributed by atoms with Crippen LogP contribution >= 0.6 is 31.9 Å². The molecule has 0 aromatic heterocycles. The number of benzene rings is 1. The van der Waals surface area contributed by atoms with E-state index < -0.39 is 24.1 Å². The first-order valence-corrected chi connectivity index (χ1v) is 10.7. The number of hydrogen-bond acceptors (Lipinski definition) is 7. The summed E-state index contributed by atoms with van der Waals surface area (Å²) in [7, 11) is 0. The van der Waals surface area contributed by atoms with Crippen molar-refractivity contribution >= 4 is 37.5 Å². The van der Waals surface area contributed by atoms with E-state index in [0.717, 1.165) is 20.2 Å². The first-order valence-electron chi connectivity index (χ1n) is 9.16. The first kappa shape index (κ1) is 21.4. The Kier molecular flexibility index (Phi) is 7.18. The summed E-state index contributed by atoms with van der Waals surface area (Å²) in [6.07, 6.45) is 0.537. The van der Waals surface area contributed by atoms with E-state index in [2.05, 4.69) is 42.5 Å². The molecule has 1 heterocycles. The van der Waals surface area contributed by atoms with Gasteiger partial charge >= 0.3 is 0 Å². The Balaban J connectivity index is 1.71. The third-order valence-electron chi connectivity index (χ3n) is 5.28. The van der Waals surface area contributed by atoms with Gasteiger partial charge in [-0.25, -0.2) is 0 Å². The Hall–Kier alpha value is -0.260. The van der Waals surface area contributed by atoms with Crippen LogP contribution in [-0.2, 0) is 11.3 Å². The molecule has 152 valence electrons. The van der Waals surface area contributed by atoms with E-state index in [1.807, 2.05) is 12.1 Å². The van der Waals surface area contributed by atoms with Crippen LogP contribution in [0, 0.1) is 0 Å². The van der Waals surface area contributed by atoms with Crippen LogP contribution < -0.4 is 10.6 Å². The highest BCUT2D eigenvalue weighted by atomic mass is 79.9. The minimum Gasteiger partial charge on any atom is -0.388 e. The lowest BCUT2D eigenvalue weighted by atomic mass is 9.96. The number of nitrogens with one attached hydrogen (secondary N) is 2. The highest BCUT2D eigenvalue weighted by Gasteiger charge is 2.48. The minimum absolute atomic E-state index is 0.144. The van der Waals surface area contributed by atoms with Gasteiger partial charge in [-0.1, -0.05) is 28.8 Å². The third kappa shape index (κ3) is 5.02. The fraction of sp³-hybridized carbons (Fsp3) is 0.667. The number of aliphatic hydroxyl groups is 4. The lowest BCUT2D eigenvalue weighted by molar-refractivity contribution is -0.313. The molecule has 3 rings (SSSR count). The second-order valence-corrected chi connectivity index (χ2v) is 9.07. The van der Waals surface area contributed by atoms with E-state index >= 15 is 0 Å². The van der Waals surface area contributed by atoms with Gasteiger partial charge in [0.2, 0.25) is 5.79 Å². The fourth-order valence-corrected chi connectivity index (χ4v) is 5.06. The van der Waals surface area contributed by atoms with Gasteiger partial charge in [-0.3, -0.25) is 0 Å². The average molecular weight is 510 g/mol. The Morgan fingerprint density at radius 2 is 1.85 bits per heavy atom. The number of rotatable bonds is 6. The number of anilines is 1. The molecule has 2 fully saturated rings. The number of halogens is 2. The smallest absolute Gasteiger partial charge is 0.212 e. The van der Waals surface area contributed by atoms with Crippen LogP contribution in [0.4, 0.5) is 5.69 Å². The van der Waals surface area contributed by atoms with Crippen LogP contribution in [0.2, 0.25) is 0 Å². The van der Waals surface area contributed by atoms with Gasteiger partial charge < -0.3 is 35.8 Å². The molecule has 9 heteroatoms. The molecule has 0 bridgehead atoms. The molecule has 1 aliphatic carbocycles. The number of hydrogen-bond donors (Lipinski definition) is 6. The molecule has 1 aliphatic heterocycles. The standard InChI is InChI=1S/C18H26Br2N2O5/c19-11-5-10(7-21-12-3-1-2-4-12)15(13(20)6-11)22-9-18(26)17(25)16(24)14(23)8-27-18/h5-6,12,14,16-17,21-26H,1-4,7-9H2/t14-,16-,17+,18+/m1/s1. The van der Waals surface area contributed by atoms with E-state index in [1.54, 1.807) is 0 Å². The van der Waals surface area contributed by atoms with Gasteiger partial charge in [-0.2, -0.15) is 0 Å². The first-order chi connectivity index (χ1) is 12.8. The molecule has 1 saturated heterocycles. The highest BCUT2D eigenvalue weighted by Crippen LogP contribution is 2.33. The summed E-state index contributed by atoms with van der Waals surface area (Å²) in [5, 5.41) is 46.8. The van der Waals surface area contributed by atoms with Crippen molar-refractivity contribution in [2.75, 3.05) is 18.5 Å². The summed E-state index contributed by atoms with van der Waals surface area (Å²) in [5.74, 6) is -2.00. The van der Waals surface area contributed by atoms with Crippen molar-refractivity contribution in [1.82, 2.24) is 5.32 Å². The van der Waals surface area contributed by atoms with Crippen molar-refractivity contribution in [2.45, 2.75) is 62.4 Å². The second-order valence-electron chi connectivity index (χ2n) is 7.30. The predicted molar refractivity (Wildman–Crippen MR) is 108 cm³/mol. The van der Waals surface area contributed by atoms with Gasteiger partial charge in [0, 0.05) is 21.5 Å². The molecule has 0 amide bonds. The highest BCUT2D eigenvalue weighted by molar-refractivity contribution is 9.11. The van der Waals surface area contributed by atoms with Gasteiger partial charge in [0.25, 0.3) is 0 Å². The predicted octanol–water partition coefficient (Wildman–Crippen LogP) is 1.46. The molecular weight excluding hydrogens is 484 g/mol. The summed E-state index contributed by atoms with van der Waals surface area (Å²) in [4.78, 5) is 0. The molecule has 0 unspecified atom stereocenters. The summed E-state index contributed by atoms with van der Waals surface area (Å²) in [5.41, 5.74) is 1.77. The topological polar surface area (TPSA) is 114 Å². The largest absolute Gasteiger partial charge is 0.388 e. The summed E-state index contributed by atoms with van der Waals surface area (Å²) in [6, 6.07) is 4.40. The zero-order chi connectivity index (χ0) is 19.6. The van der Waals surface area contributed by atoms with E-state index in [4.69, 9.17) is 4.74 Å². The van der Waals surface area contributed by atoms with Gasteiger partial charge in [-0.05, 0) is 46.5 Å². The minimum atomic E-state index is -2.00. The molecule has 1 aromatic rings. The zero-order valence-electron chi connectivity index (χ0n) is 14.9. The molecule has 7 nitrogen and oxygen atoms in total. The van der Waals surface area contributed by atoms with Crippen molar-refractivity contribution in [3.05, 3.63) is 26.6 Å². The normalized spacial score (nSPS) is 32.0. The fourth-order valence-electron chi connectivity index (χ4n) is 3.61. The van der Waals surface area contributed by atoms with Crippen LogP contribution in [-0.4, -0.2) is 63.7 Å². The maximum Gasteiger partial charge on any atom is 0.212 e. The maximum atomic E-state index is 10.6. The second kappa shape index (κ2) is 9.04. The Morgan fingerprint density at radius 3 is 2.56 bits per heavy atom. The van der Waals surface area contributed by atoms with Gasteiger partial charge in [0.15, 0.2) is 0 Å². The van der Waals surface area contributed by atoms with E-state index in [9.17, 15) is 20.4 Å². The van der Waals surface area contributed by atoms with Crippen LogP contribution in [0.15, 0.2) is 21.1 Å². The Bertz CT molecular complexity index is 659. The summed E-state index contributed by atoms with van der Waals surface area (Å²) < 4.78 is 6.95. The lowest BCUT2D eigenvalue weighted by Crippen LogP contribution is -2.63. The van der Waals surface area contributed by atoms with Gasteiger partial charge in [0.1, 0.15) is 18.3 Å². The summed E-state index contributed by atoms with van der Waals surface area (Å²) >= 11 is 7.04. The van der Waals surface area contributed by atoms with E-state index in [0.29, 0.717) is 12.6 Å². The number of ether oxygens (including phenoxy) is 1. The quantitative estimate of drug-likeness (QED) is 0.344. The zero-order valence-corrected chi connectivity index (χ0v) is 18.0. The van der Waals surface area contributed by atoms with E-state index in [1.165, 1.54) is 25.7 Å². The molecule has 0 radical (unpaired) electrons. The lowest BCUT2D eigenvalue weighted by Gasteiger charge is -2.41. The van der Waals surface area contributed by atoms with Crippen molar-refractivity contribution in [3.8, 4) is 0 Å². The summed E-state index contributed by atoms with van der Waals surface area (Å²) in [6.45, 7) is 0.261. The Morgan fingerprint density at radius 1 is 1.15 bits per heavy atom. The Labute approximate surface area is 175 Å². The monoisotopic (exact) mass is 508 g/mol. The van der Waals surface area contributed by atoms with Crippen LogP contribution in [0.5, 0.6) is 0 Å². The molecule has 27 heavy (non-hydrogen) atoms. The van der Waals surface area contributed by atoms with Crippen LogP contribution in [0.3, 0.4) is 0 Å². The molecule has 2 aliphatic rings. The van der Waals surface area contributed by atoms with Crippen LogP contribution in [0.1, 0.15) is 31.2 Å². The SMILES string of the molecule is O[C@@H]1[C@H](O)CO[C@@](O)(CNc2c(Br)cc(Br)cc2CNC2CCCC2)[C@H]1O.